The lowest BCUT2D eigenvalue weighted by atomic mass is 9.86. The average Bonchev–Trinajstić information content (AvgIpc) is 2.14. The molecule has 1 N–H and O–H groups in total. The Balaban J connectivity index is 2.41. The van der Waals surface area contributed by atoms with Crippen LogP contribution < -0.4 is 10.4 Å². The van der Waals surface area contributed by atoms with Crippen molar-refractivity contribution in [3.63, 3.8) is 0 Å². The van der Waals surface area contributed by atoms with Gasteiger partial charge in [0.25, 0.3) is 0 Å². The second-order valence-electron chi connectivity index (χ2n) is 5.53. The fourth-order valence-corrected chi connectivity index (χ4v) is 2.01. The highest BCUT2D eigenvalue weighted by atomic mass is 16.6. The normalized spacial score (nSPS) is 25.1. The molecule has 1 rings (SSSR count). The number of hydrogen-bond donors (Lipinski definition) is 1. The molecule has 5 heteroatoms. The van der Waals surface area contributed by atoms with Gasteiger partial charge < -0.3 is 20.0 Å². The van der Waals surface area contributed by atoms with Gasteiger partial charge in [0.15, 0.2) is 0 Å². The molecule has 0 bridgehead atoms. The van der Waals surface area contributed by atoms with Gasteiger partial charge in [-0.05, 0) is 40.0 Å². The lowest BCUT2D eigenvalue weighted by Gasteiger charge is -2.31. The second kappa shape index (κ2) is 5.38. The van der Waals surface area contributed by atoms with E-state index in [1.807, 2.05) is 0 Å². The summed E-state index contributed by atoms with van der Waals surface area (Å²) < 4.78 is 5.12. The number of carbonyl (C=O) groups is 2. The van der Waals surface area contributed by atoms with Crippen LogP contribution in [0, 0.1) is 5.92 Å². The molecule has 0 saturated heterocycles. The minimum absolute atomic E-state index is 0.124. The molecule has 17 heavy (non-hydrogen) atoms. The standard InChI is InChI=1S/C12H21NO4/c1-12(2,3)17-11(16)13-9-6-4-5-8(7-9)10(14)15/h8-9H,4-7H2,1-3H3,(H,13,16)(H,14,15)/p-1/t8-,9+/m0/s1. The van der Waals surface area contributed by atoms with E-state index in [2.05, 4.69) is 5.32 Å². The number of aliphatic carboxylic acids is 1. The molecule has 5 nitrogen and oxygen atoms in total. The summed E-state index contributed by atoms with van der Waals surface area (Å²) in [6.07, 6.45) is 2.17. The number of carbonyl (C=O) groups excluding carboxylic acids is 2. The van der Waals surface area contributed by atoms with Gasteiger partial charge in [-0.2, -0.15) is 0 Å². The van der Waals surface area contributed by atoms with Crippen molar-refractivity contribution in [3.8, 4) is 0 Å². The topological polar surface area (TPSA) is 78.5 Å². The van der Waals surface area contributed by atoms with Crippen LogP contribution in [-0.4, -0.2) is 23.7 Å². The number of alkyl carbamates (subject to hydrolysis) is 1. The molecule has 1 aliphatic rings. The molecule has 0 aliphatic heterocycles. The van der Waals surface area contributed by atoms with Gasteiger partial charge in [-0.3, -0.25) is 0 Å². The van der Waals surface area contributed by atoms with Crippen LogP contribution in [0.5, 0.6) is 0 Å². The van der Waals surface area contributed by atoms with Gasteiger partial charge in [-0.25, -0.2) is 4.79 Å². The molecule has 2 atom stereocenters. The minimum atomic E-state index is -1.03. The summed E-state index contributed by atoms with van der Waals surface area (Å²) in [5, 5.41) is 13.5. The van der Waals surface area contributed by atoms with Crippen LogP contribution in [0.4, 0.5) is 4.79 Å². The summed E-state index contributed by atoms with van der Waals surface area (Å²) in [5.74, 6) is -1.48. The molecule has 0 heterocycles. The lowest BCUT2D eigenvalue weighted by molar-refractivity contribution is -0.312. The molecule has 1 amide bonds. The number of ether oxygens (including phenoxy) is 1. The van der Waals surface area contributed by atoms with Gasteiger partial charge >= 0.3 is 6.09 Å². The molecule has 0 unspecified atom stereocenters. The molecule has 1 saturated carbocycles. The number of carboxylic acid groups (broad SMARTS) is 1. The molecular weight excluding hydrogens is 222 g/mol. The smallest absolute Gasteiger partial charge is 0.407 e. The van der Waals surface area contributed by atoms with Crippen molar-refractivity contribution in [1.29, 1.82) is 0 Å². The van der Waals surface area contributed by atoms with Gasteiger partial charge in [-0.1, -0.05) is 6.42 Å². The first-order valence-corrected chi connectivity index (χ1v) is 5.98. The summed E-state index contributed by atoms with van der Waals surface area (Å²) in [5.41, 5.74) is -0.535. The molecule has 98 valence electrons. The fraction of sp³-hybridized carbons (Fsp3) is 0.833. The number of amides is 1. The number of nitrogens with one attached hydrogen (secondary N) is 1. The Morgan fingerprint density at radius 2 is 1.94 bits per heavy atom. The van der Waals surface area contributed by atoms with Crippen molar-refractivity contribution in [2.75, 3.05) is 0 Å². The SMILES string of the molecule is CC(C)(C)OC(=O)N[C@@H]1CCC[C@H](C(=O)[O-])C1. The Kier molecular flexibility index (Phi) is 4.37. The van der Waals surface area contributed by atoms with Crippen molar-refractivity contribution in [2.24, 2.45) is 5.92 Å². The van der Waals surface area contributed by atoms with Crippen LogP contribution in [0.25, 0.3) is 0 Å². The van der Waals surface area contributed by atoms with Crippen LogP contribution in [-0.2, 0) is 9.53 Å². The molecule has 0 radical (unpaired) electrons. The maximum Gasteiger partial charge on any atom is 0.407 e. The second-order valence-corrected chi connectivity index (χ2v) is 5.53. The highest BCUT2D eigenvalue weighted by molar-refractivity contribution is 5.69. The van der Waals surface area contributed by atoms with Crippen LogP contribution in [0.3, 0.4) is 0 Å². The summed E-state index contributed by atoms with van der Waals surface area (Å²) in [6, 6.07) is -0.124. The summed E-state index contributed by atoms with van der Waals surface area (Å²) >= 11 is 0. The predicted molar refractivity (Wildman–Crippen MR) is 60.1 cm³/mol. The van der Waals surface area contributed by atoms with Gasteiger partial charge in [0, 0.05) is 17.9 Å². The largest absolute Gasteiger partial charge is 0.550 e. The van der Waals surface area contributed by atoms with E-state index < -0.39 is 23.6 Å². The molecule has 0 aromatic carbocycles. The van der Waals surface area contributed by atoms with E-state index >= 15 is 0 Å². The Labute approximate surface area is 102 Å². The van der Waals surface area contributed by atoms with E-state index in [0.29, 0.717) is 12.8 Å². The van der Waals surface area contributed by atoms with Gasteiger partial charge in [0.2, 0.25) is 0 Å². The highest BCUT2D eigenvalue weighted by Gasteiger charge is 2.25. The molecule has 0 aromatic rings. The van der Waals surface area contributed by atoms with E-state index in [1.54, 1.807) is 20.8 Å². The zero-order valence-electron chi connectivity index (χ0n) is 10.6. The fourth-order valence-electron chi connectivity index (χ4n) is 2.01. The Hall–Kier alpha value is -1.26. The maximum atomic E-state index is 11.5. The molecule has 0 aromatic heterocycles. The minimum Gasteiger partial charge on any atom is -0.550 e. The van der Waals surface area contributed by atoms with E-state index in [0.717, 1.165) is 12.8 Å². The van der Waals surface area contributed by atoms with E-state index in [9.17, 15) is 14.7 Å². The quantitative estimate of drug-likeness (QED) is 0.777. The first-order chi connectivity index (χ1) is 7.78. The molecular formula is C12H20NO4-. The third-order valence-electron chi connectivity index (χ3n) is 2.73. The summed E-state index contributed by atoms with van der Waals surface area (Å²) in [7, 11) is 0. The Morgan fingerprint density at radius 1 is 1.29 bits per heavy atom. The van der Waals surface area contributed by atoms with Crippen molar-refractivity contribution in [2.45, 2.75) is 58.1 Å². The molecule has 1 aliphatic carbocycles. The van der Waals surface area contributed by atoms with Crippen LogP contribution in [0.15, 0.2) is 0 Å². The van der Waals surface area contributed by atoms with Gasteiger partial charge in [0.05, 0.1) is 0 Å². The van der Waals surface area contributed by atoms with Gasteiger partial charge in [-0.15, -0.1) is 0 Å². The van der Waals surface area contributed by atoms with Crippen LogP contribution in [0.2, 0.25) is 0 Å². The van der Waals surface area contributed by atoms with Crippen molar-refractivity contribution in [1.82, 2.24) is 5.32 Å². The number of carboxylic acids is 1. The monoisotopic (exact) mass is 242 g/mol. The maximum absolute atomic E-state index is 11.5. The summed E-state index contributed by atoms with van der Waals surface area (Å²) in [4.78, 5) is 22.3. The highest BCUT2D eigenvalue weighted by Crippen LogP contribution is 2.24. The number of hydrogen-bond acceptors (Lipinski definition) is 4. The number of rotatable bonds is 2. The summed E-state index contributed by atoms with van der Waals surface area (Å²) in [6.45, 7) is 5.37. The van der Waals surface area contributed by atoms with Crippen molar-refractivity contribution in [3.05, 3.63) is 0 Å². The third kappa shape index (κ3) is 5.06. The van der Waals surface area contributed by atoms with E-state index in [1.165, 1.54) is 0 Å². The van der Waals surface area contributed by atoms with Crippen molar-refractivity contribution < 1.29 is 19.4 Å². The lowest BCUT2D eigenvalue weighted by Crippen LogP contribution is -2.44. The third-order valence-corrected chi connectivity index (χ3v) is 2.73. The first-order valence-electron chi connectivity index (χ1n) is 5.98. The molecule has 0 spiro atoms. The zero-order chi connectivity index (χ0) is 13.1. The zero-order valence-corrected chi connectivity index (χ0v) is 10.6. The van der Waals surface area contributed by atoms with E-state index in [-0.39, 0.29) is 6.04 Å². The van der Waals surface area contributed by atoms with E-state index in [4.69, 9.17) is 4.74 Å². The van der Waals surface area contributed by atoms with Gasteiger partial charge in [0.1, 0.15) is 5.60 Å². The predicted octanol–water partition coefficient (Wildman–Crippen LogP) is 0.820. The Morgan fingerprint density at radius 3 is 2.47 bits per heavy atom. The van der Waals surface area contributed by atoms with Crippen molar-refractivity contribution >= 4 is 12.1 Å². The van der Waals surface area contributed by atoms with Crippen LogP contribution in [0.1, 0.15) is 46.5 Å². The first kappa shape index (κ1) is 13.8. The average molecular weight is 242 g/mol. The van der Waals surface area contributed by atoms with Crippen LogP contribution >= 0.6 is 0 Å². The Bertz CT molecular complexity index is 295. The molecule has 1 fully saturated rings.